The van der Waals surface area contributed by atoms with Crippen LogP contribution in [0.15, 0.2) is 39.9 Å². The fraction of sp³-hybridized carbons (Fsp3) is 0.607. The van der Waals surface area contributed by atoms with Crippen LogP contribution in [-0.4, -0.2) is 74.7 Å². The number of anilines is 1. The number of carbonyl (C=O) groups excluding carboxylic acids is 1. The number of hydrogen-bond acceptors (Lipinski definition) is 7. The molecule has 10 heteroatoms. The minimum absolute atomic E-state index is 0.0321. The number of likely N-dealkylation sites (N-methyl/N-ethyl adjacent to an activating group) is 1. The topological polar surface area (TPSA) is 99.2 Å². The van der Waals surface area contributed by atoms with E-state index in [1.165, 1.54) is 32.1 Å². The summed E-state index contributed by atoms with van der Waals surface area (Å²) in [6.45, 7) is 6.05. The minimum Gasteiger partial charge on any atom is -0.488 e. The summed E-state index contributed by atoms with van der Waals surface area (Å²) < 4.78 is 35.0. The Balaban J connectivity index is 1.59. The molecule has 210 valence electrons. The maximum atomic E-state index is 13.4. The van der Waals surface area contributed by atoms with Crippen LogP contribution >= 0.6 is 11.3 Å². The van der Waals surface area contributed by atoms with E-state index in [4.69, 9.17) is 4.74 Å². The molecule has 1 aromatic heterocycles. The molecule has 4 rings (SSSR count). The Morgan fingerprint density at radius 3 is 2.66 bits per heavy atom. The van der Waals surface area contributed by atoms with Crippen molar-refractivity contribution in [1.82, 2.24) is 9.80 Å². The van der Waals surface area contributed by atoms with Gasteiger partial charge in [-0.2, -0.15) is 0 Å². The lowest BCUT2D eigenvalue weighted by molar-refractivity contribution is -0.134. The van der Waals surface area contributed by atoms with E-state index >= 15 is 0 Å². The van der Waals surface area contributed by atoms with Crippen molar-refractivity contribution in [3.8, 4) is 5.75 Å². The Hall–Kier alpha value is -2.14. The van der Waals surface area contributed by atoms with Crippen molar-refractivity contribution < 1.29 is 23.1 Å². The van der Waals surface area contributed by atoms with Gasteiger partial charge in [-0.15, -0.1) is 11.3 Å². The molecule has 2 heterocycles. The van der Waals surface area contributed by atoms with Gasteiger partial charge in [-0.1, -0.05) is 32.3 Å². The molecule has 0 unspecified atom stereocenters. The molecule has 1 fully saturated rings. The first-order chi connectivity index (χ1) is 18.2. The molecule has 1 aliphatic carbocycles. The summed E-state index contributed by atoms with van der Waals surface area (Å²) in [4.78, 5) is 17.5. The fourth-order valence-corrected chi connectivity index (χ4v) is 7.57. The molecule has 2 N–H and O–H groups in total. The van der Waals surface area contributed by atoms with Gasteiger partial charge in [-0.3, -0.25) is 9.52 Å². The molecular weight excluding hydrogens is 522 g/mol. The SMILES string of the molecule is C[C@@H]1CN([C@@H](C)CO)C(=O)Cc2cc(NS(=O)(=O)c3cccs3)ccc2O[C@H]1CN(C)CC1CCCCC1. The lowest BCUT2D eigenvalue weighted by Crippen LogP contribution is -2.48. The van der Waals surface area contributed by atoms with Gasteiger partial charge in [-0.25, -0.2) is 8.42 Å². The quantitative estimate of drug-likeness (QED) is 0.474. The summed E-state index contributed by atoms with van der Waals surface area (Å²) in [5.41, 5.74) is 1.01. The lowest BCUT2D eigenvalue weighted by Gasteiger charge is -2.35. The van der Waals surface area contributed by atoms with Crippen LogP contribution in [0.25, 0.3) is 0 Å². The number of nitrogens with zero attached hydrogens (tertiary/aromatic N) is 2. The first-order valence-electron chi connectivity index (χ1n) is 13.6. The zero-order valence-electron chi connectivity index (χ0n) is 22.6. The monoisotopic (exact) mass is 563 g/mol. The van der Waals surface area contributed by atoms with E-state index in [1.54, 1.807) is 40.6 Å². The number of sulfonamides is 1. The number of aliphatic hydroxyl groups excluding tert-OH is 1. The van der Waals surface area contributed by atoms with E-state index in [0.717, 1.165) is 24.4 Å². The normalized spacial score (nSPS) is 22.2. The zero-order chi connectivity index (χ0) is 27.3. The number of benzene rings is 1. The van der Waals surface area contributed by atoms with Gasteiger partial charge in [0.1, 0.15) is 16.1 Å². The number of fused-ring (bicyclic) bond motifs is 1. The Labute approximate surface area is 231 Å². The van der Waals surface area contributed by atoms with E-state index in [1.807, 2.05) is 6.92 Å². The van der Waals surface area contributed by atoms with Crippen LogP contribution in [0.5, 0.6) is 5.75 Å². The third kappa shape index (κ3) is 7.28. The summed E-state index contributed by atoms with van der Waals surface area (Å²) in [5, 5.41) is 11.6. The van der Waals surface area contributed by atoms with E-state index in [-0.39, 0.29) is 41.2 Å². The van der Waals surface area contributed by atoms with Gasteiger partial charge >= 0.3 is 0 Å². The second kappa shape index (κ2) is 12.8. The highest BCUT2D eigenvalue weighted by Gasteiger charge is 2.31. The van der Waals surface area contributed by atoms with Crippen molar-refractivity contribution in [1.29, 1.82) is 0 Å². The Bertz CT molecular complexity index is 1170. The standard InChI is InChI=1S/C28H41N3O5S2/c1-20-16-31(21(2)19-32)27(33)15-23-14-24(29-38(34,35)28-10-7-13-37-28)11-12-25(23)36-26(20)18-30(3)17-22-8-5-4-6-9-22/h7,10-14,20-22,26,29,32H,4-6,8-9,15-19H2,1-3H3/t20-,21+,26+/m1/s1. The highest BCUT2D eigenvalue weighted by atomic mass is 32.2. The molecule has 1 aromatic carbocycles. The first-order valence-corrected chi connectivity index (χ1v) is 16.0. The van der Waals surface area contributed by atoms with Crippen molar-refractivity contribution in [2.45, 2.75) is 68.7 Å². The average Bonchev–Trinajstić information content (AvgIpc) is 3.44. The summed E-state index contributed by atoms with van der Waals surface area (Å²) in [6.07, 6.45) is 6.37. The Morgan fingerprint density at radius 2 is 1.97 bits per heavy atom. The minimum atomic E-state index is -3.72. The van der Waals surface area contributed by atoms with Crippen LogP contribution in [0.1, 0.15) is 51.5 Å². The van der Waals surface area contributed by atoms with Gasteiger partial charge in [0.15, 0.2) is 0 Å². The Kier molecular flexibility index (Phi) is 9.73. The van der Waals surface area contributed by atoms with Crippen molar-refractivity contribution in [2.75, 3.05) is 38.0 Å². The Morgan fingerprint density at radius 1 is 1.21 bits per heavy atom. The predicted octanol–water partition coefficient (Wildman–Crippen LogP) is 4.21. The van der Waals surface area contributed by atoms with E-state index < -0.39 is 10.0 Å². The number of ether oxygens (including phenoxy) is 1. The number of thiophene rings is 1. The van der Waals surface area contributed by atoms with Crippen molar-refractivity contribution >= 4 is 33.0 Å². The summed E-state index contributed by atoms with van der Waals surface area (Å²) in [6, 6.07) is 8.07. The predicted molar refractivity (Wildman–Crippen MR) is 151 cm³/mol. The van der Waals surface area contributed by atoms with Gasteiger partial charge in [-0.05, 0) is 62.4 Å². The molecule has 2 aromatic rings. The van der Waals surface area contributed by atoms with Crippen molar-refractivity contribution in [2.24, 2.45) is 11.8 Å². The molecule has 8 nitrogen and oxygen atoms in total. The second-order valence-corrected chi connectivity index (χ2v) is 13.8. The van der Waals surface area contributed by atoms with Gasteiger partial charge in [0.05, 0.1) is 19.1 Å². The average molecular weight is 564 g/mol. The maximum absolute atomic E-state index is 13.4. The third-order valence-electron chi connectivity index (χ3n) is 7.71. The van der Waals surface area contributed by atoms with Crippen LogP contribution < -0.4 is 9.46 Å². The zero-order valence-corrected chi connectivity index (χ0v) is 24.3. The second-order valence-electron chi connectivity index (χ2n) is 11.0. The molecule has 38 heavy (non-hydrogen) atoms. The van der Waals surface area contributed by atoms with Crippen LogP contribution in [-0.2, 0) is 21.2 Å². The summed E-state index contributed by atoms with van der Waals surface area (Å²) in [7, 11) is -1.58. The smallest absolute Gasteiger partial charge is 0.271 e. The van der Waals surface area contributed by atoms with Gasteiger partial charge in [0.25, 0.3) is 10.0 Å². The number of amides is 1. The molecule has 2 aliphatic rings. The van der Waals surface area contributed by atoms with Crippen molar-refractivity contribution in [3.63, 3.8) is 0 Å². The molecular formula is C28H41N3O5S2. The number of aliphatic hydroxyl groups is 1. The lowest BCUT2D eigenvalue weighted by atomic mass is 9.89. The van der Waals surface area contributed by atoms with Gasteiger partial charge in [0.2, 0.25) is 5.91 Å². The maximum Gasteiger partial charge on any atom is 0.271 e. The first kappa shape index (κ1) is 28.9. The molecule has 1 saturated carbocycles. The van der Waals surface area contributed by atoms with E-state index in [9.17, 15) is 18.3 Å². The van der Waals surface area contributed by atoms with Crippen LogP contribution in [0, 0.1) is 11.8 Å². The molecule has 0 bridgehead atoms. The number of nitrogens with one attached hydrogen (secondary N) is 1. The highest BCUT2D eigenvalue weighted by Crippen LogP contribution is 2.31. The fourth-order valence-electron chi connectivity index (χ4n) is 5.52. The van der Waals surface area contributed by atoms with E-state index in [2.05, 4.69) is 23.6 Å². The van der Waals surface area contributed by atoms with Crippen LogP contribution in [0.2, 0.25) is 0 Å². The van der Waals surface area contributed by atoms with Gasteiger partial charge < -0.3 is 19.6 Å². The molecule has 0 spiro atoms. The molecule has 1 amide bonds. The molecule has 3 atom stereocenters. The van der Waals surface area contributed by atoms with Crippen LogP contribution in [0.3, 0.4) is 0 Å². The molecule has 0 saturated heterocycles. The van der Waals surface area contributed by atoms with E-state index in [0.29, 0.717) is 29.5 Å². The number of rotatable bonds is 9. The summed E-state index contributed by atoms with van der Waals surface area (Å²) in [5.74, 6) is 1.22. The van der Waals surface area contributed by atoms with Gasteiger partial charge in [0, 0.05) is 36.8 Å². The largest absolute Gasteiger partial charge is 0.488 e. The van der Waals surface area contributed by atoms with Crippen molar-refractivity contribution in [3.05, 3.63) is 41.3 Å². The highest BCUT2D eigenvalue weighted by molar-refractivity contribution is 7.94. The number of carbonyl (C=O) groups is 1. The summed E-state index contributed by atoms with van der Waals surface area (Å²) >= 11 is 1.15. The molecule has 0 radical (unpaired) electrons. The molecule has 1 aliphatic heterocycles. The van der Waals surface area contributed by atoms with Crippen LogP contribution in [0.4, 0.5) is 5.69 Å². The third-order valence-corrected chi connectivity index (χ3v) is 10.5. The number of hydrogen-bond donors (Lipinski definition) is 2.